The Morgan fingerprint density at radius 3 is 0.618 bits per heavy atom. The fraction of sp³-hybridized carbons (Fsp3) is 1.00. The molecule has 212 valence electrons. The molecular formula is C22H55O9P3. The first-order valence-corrected chi connectivity index (χ1v) is 17.2. The fourth-order valence-electron chi connectivity index (χ4n) is 1.94. The lowest BCUT2D eigenvalue weighted by Crippen LogP contribution is -2.25. The van der Waals surface area contributed by atoms with Gasteiger partial charge >= 0.3 is 0 Å². The van der Waals surface area contributed by atoms with Gasteiger partial charge in [0, 0.05) is 34.0 Å². The van der Waals surface area contributed by atoms with Crippen molar-refractivity contribution in [3.05, 3.63) is 0 Å². The van der Waals surface area contributed by atoms with E-state index >= 15 is 0 Å². The molecule has 0 fully saturated rings. The zero-order valence-electron chi connectivity index (χ0n) is 23.6. The Morgan fingerprint density at radius 1 is 0.471 bits per heavy atom. The molecule has 0 spiro atoms. The lowest BCUT2D eigenvalue weighted by atomic mass is 10.2. The Balaban J connectivity index is -0.000000177. The molecule has 0 radical (unpaired) electrons. The van der Waals surface area contributed by atoms with Crippen LogP contribution in [0.15, 0.2) is 0 Å². The summed E-state index contributed by atoms with van der Waals surface area (Å²) in [5, 5.41) is 24.9. The molecule has 0 heterocycles. The average molecular weight is 557 g/mol. The lowest BCUT2D eigenvalue weighted by molar-refractivity contribution is -0.00425. The van der Waals surface area contributed by atoms with Gasteiger partial charge in [-0.1, -0.05) is 83.1 Å². The van der Waals surface area contributed by atoms with Crippen molar-refractivity contribution in [3.8, 4) is 0 Å². The molecule has 2 unspecified atom stereocenters. The van der Waals surface area contributed by atoms with E-state index in [-0.39, 0.29) is 40.6 Å². The van der Waals surface area contributed by atoms with Gasteiger partial charge in [0.2, 0.25) is 22.1 Å². The molecule has 0 saturated heterocycles. The van der Waals surface area contributed by atoms with Gasteiger partial charge in [0.15, 0.2) is 0 Å². The Labute approximate surface area is 208 Å². The summed E-state index contributed by atoms with van der Waals surface area (Å²) in [7, 11) is -8.51. The third kappa shape index (κ3) is 17.8. The smallest absolute Gasteiger partial charge is 0.205 e. The molecule has 0 aromatic carbocycles. The van der Waals surface area contributed by atoms with Crippen LogP contribution in [0.4, 0.5) is 0 Å². The Bertz CT molecular complexity index is 533. The summed E-state index contributed by atoms with van der Waals surface area (Å²) in [5.41, 5.74) is -0.597. The number of hydrogen-bond donors (Lipinski definition) is 6. The maximum Gasteiger partial charge on any atom is 0.205 e. The molecule has 0 rings (SSSR count). The molecule has 12 heteroatoms. The quantitative estimate of drug-likeness (QED) is 0.226. The molecule has 0 bridgehead atoms. The van der Waals surface area contributed by atoms with Crippen molar-refractivity contribution < 1.29 is 43.7 Å². The Morgan fingerprint density at radius 2 is 0.618 bits per heavy atom. The topological polar surface area (TPSA) is 173 Å². The van der Waals surface area contributed by atoms with Crippen molar-refractivity contribution in [1.82, 2.24) is 0 Å². The van der Waals surface area contributed by atoms with Gasteiger partial charge in [-0.3, -0.25) is 13.7 Å². The van der Waals surface area contributed by atoms with E-state index in [0.29, 0.717) is 0 Å². The van der Waals surface area contributed by atoms with Crippen LogP contribution in [-0.2, 0) is 13.7 Å². The molecule has 0 aromatic heterocycles. The first kappa shape index (κ1) is 41.6. The first-order valence-electron chi connectivity index (χ1n) is 11.8. The van der Waals surface area contributed by atoms with Crippen LogP contribution in [0.3, 0.4) is 0 Å². The minimum atomic E-state index is -2.84. The summed E-state index contributed by atoms with van der Waals surface area (Å²) in [4.78, 5) is 27.7. The van der Waals surface area contributed by atoms with Gasteiger partial charge in [-0.15, -0.1) is 0 Å². The Kier molecular flexibility index (Phi) is 22.8. The number of aliphatic hydroxyl groups is 3. The molecule has 0 saturated carbocycles. The van der Waals surface area contributed by atoms with Crippen LogP contribution in [-0.4, -0.2) is 82.8 Å². The second kappa shape index (κ2) is 18.7. The van der Waals surface area contributed by atoms with Gasteiger partial charge in [0.1, 0.15) is 6.10 Å². The van der Waals surface area contributed by atoms with E-state index in [4.69, 9.17) is 15.3 Å². The number of hydrogen-bond acceptors (Lipinski definition) is 6. The van der Waals surface area contributed by atoms with E-state index < -0.39 is 34.3 Å². The number of rotatable bonds is 8. The van der Waals surface area contributed by atoms with E-state index in [1.54, 1.807) is 83.1 Å². The third-order valence-corrected chi connectivity index (χ3v) is 14.1. The van der Waals surface area contributed by atoms with Gasteiger partial charge < -0.3 is 30.0 Å². The van der Waals surface area contributed by atoms with Gasteiger partial charge in [0.05, 0.1) is 12.7 Å². The van der Waals surface area contributed by atoms with E-state index in [1.165, 1.54) is 6.92 Å². The van der Waals surface area contributed by atoms with Crippen molar-refractivity contribution in [1.29, 1.82) is 0 Å². The minimum absolute atomic E-state index is 0.0995. The summed E-state index contributed by atoms with van der Waals surface area (Å²) in [6.45, 7) is 22.4. The van der Waals surface area contributed by atoms with Crippen LogP contribution in [0.2, 0.25) is 0 Å². The molecule has 0 aliphatic rings. The summed E-state index contributed by atoms with van der Waals surface area (Å²) in [5.74, 6) is 0. The molecule has 9 nitrogen and oxygen atoms in total. The van der Waals surface area contributed by atoms with Gasteiger partial charge in [0.25, 0.3) is 0 Å². The molecule has 0 aromatic rings. The predicted octanol–water partition coefficient (Wildman–Crippen LogP) is 4.94. The minimum Gasteiger partial charge on any atom is -0.394 e. The van der Waals surface area contributed by atoms with Gasteiger partial charge in [-0.25, -0.2) is 0 Å². The zero-order chi connectivity index (χ0) is 28.8. The predicted molar refractivity (Wildman–Crippen MR) is 145 cm³/mol. The maximum atomic E-state index is 11.2. The van der Waals surface area contributed by atoms with Crippen molar-refractivity contribution in [2.24, 2.45) is 0 Å². The summed E-state index contributed by atoms with van der Waals surface area (Å²) in [6.07, 6.45) is -1.81. The Hall–Kier alpha value is 0.450. The van der Waals surface area contributed by atoms with Crippen molar-refractivity contribution in [2.75, 3.05) is 6.61 Å². The van der Waals surface area contributed by atoms with Crippen molar-refractivity contribution >= 4 is 22.1 Å². The van der Waals surface area contributed by atoms with E-state index in [1.807, 2.05) is 0 Å². The van der Waals surface area contributed by atoms with Crippen LogP contribution >= 0.6 is 22.1 Å². The normalized spacial score (nSPS) is 14.4. The highest BCUT2D eigenvalue weighted by atomic mass is 31.2. The highest BCUT2D eigenvalue weighted by Crippen LogP contribution is 2.51. The lowest BCUT2D eigenvalue weighted by Gasteiger charge is -2.18. The molecule has 0 amide bonds. The van der Waals surface area contributed by atoms with E-state index in [9.17, 15) is 28.4 Å². The summed E-state index contributed by atoms with van der Waals surface area (Å²) >= 11 is 0. The molecular weight excluding hydrogens is 501 g/mol. The van der Waals surface area contributed by atoms with Crippen LogP contribution in [0.25, 0.3) is 0 Å². The monoisotopic (exact) mass is 556 g/mol. The molecule has 0 aliphatic heterocycles. The van der Waals surface area contributed by atoms with Crippen LogP contribution in [0.1, 0.15) is 90.0 Å². The van der Waals surface area contributed by atoms with Gasteiger partial charge in [-0.2, -0.15) is 0 Å². The van der Waals surface area contributed by atoms with Crippen LogP contribution in [0, 0.1) is 0 Å². The van der Waals surface area contributed by atoms with Crippen molar-refractivity contribution in [2.45, 2.75) is 136 Å². The highest BCUT2D eigenvalue weighted by molar-refractivity contribution is 7.60. The second-order valence-electron chi connectivity index (χ2n) is 10.1. The van der Waals surface area contributed by atoms with Gasteiger partial charge in [-0.05, 0) is 6.92 Å². The highest BCUT2D eigenvalue weighted by Gasteiger charge is 2.28. The molecule has 34 heavy (non-hydrogen) atoms. The van der Waals surface area contributed by atoms with Crippen molar-refractivity contribution in [3.63, 3.8) is 0 Å². The summed E-state index contributed by atoms with van der Waals surface area (Å²) in [6, 6.07) is 0. The van der Waals surface area contributed by atoms with E-state index in [0.717, 1.165) is 0 Å². The van der Waals surface area contributed by atoms with Crippen LogP contribution in [0.5, 0.6) is 0 Å². The third-order valence-electron chi connectivity index (χ3n) is 5.18. The summed E-state index contributed by atoms with van der Waals surface area (Å²) < 4.78 is 33.5. The number of aliphatic hydroxyl groups excluding tert-OH is 3. The second-order valence-corrected chi connectivity index (χ2v) is 20.3. The molecule has 2 atom stereocenters. The first-order chi connectivity index (χ1) is 14.8. The fourth-order valence-corrected chi connectivity index (χ4v) is 5.52. The molecule has 0 aliphatic carbocycles. The largest absolute Gasteiger partial charge is 0.394 e. The van der Waals surface area contributed by atoms with Crippen LogP contribution < -0.4 is 0 Å². The molecule has 6 N–H and O–H groups in total. The standard InChI is InChI=1S/3C6H15O2P.C4H10O3/c3*1-5(2)9(7,8)6(3)4;1-3(6)4(7)2-5/h3*5-6H,1-4H3,(H,7,8);3-7H,2H2,1H3. The SMILES string of the molecule is CC(C)P(=O)(O)C(C)C.CC(C)P(=O)(O)C(C)C.CC(C)P(=O)(O)C(C)C.CC(O)C(O)CO. The zero-order valence-corrected chi connectivity index (χ0v) is 26.3. The van der Waals surface area contributed by atoms with E-state index in [2.05, 4.69) is 0 Å². The average Bonchev–Trinajstić information content (AvgIpc) is 2.67. The maximum absolute atomic E-state index is 11.2.